The summed E-state index contributed by atoms with van der Waals surface area (Å²) >= 11 is 0. The summed E-state index contributed by atoms with van der Waals surface area (Å²) in [5.74, 6) is -0.367. The lowest BCUT2D eigenvalue weighted by Gasteiger charge is -2.21. The van der Waals surface area contributed by atoms with Gasteiger partial charge in [0.05, 0.1) is 0 Å². The van der Waals surface area contributed by atoms with Gasteiger partial charge in [0.25, 0.3) is 0 Å². The highest BCUT2D eigenvalue weighted by atomic mass is 32.2. The van der Waals surface area contributed by atoms with Crippen LogP contribution in [0.15, 0.2) is 23.1 Å². The van der Waals surface area contributed by atoms with Crippen molar-refractivity contribution in [1.82, 2.24) is 4.31 Å². The molecule has 0 aromatic heterocycles. The van der Waals surface area contributed by atoms with Crippen molar-refractivity contribution in [2.24, 2.45) is 0 Å². The number of nitrogens with zero attached hydrogens (tertiary/aromatic N) is 1. The van der Waals surface area contributed by atoms with Crippen LogP contribution in [0.5, 0.6) is 5.75 Å². The van der Waals surface area contributed by atoms with Crippen LogP contribution in [0.25, 0.3) is 0 Å². The summed E-state index contributed by atoms with van der Waals surface area (Å²) in [4.78, 5) is -0.365. The van der Waals surface area contributed by atoms with Crippen LogP contribution in [0.2, 0.25) is 0 Å². The molecule has 0 spiro atoms. The van der Waals surface area contributed by atoms with Gasteiger partial charge in [-0.2, -0.15) is 17.5 Å². The van der Waals surface area contributed by atoms with Crippen molar-refractivity contribution < 1.29 is 26.3 Å². The maximum atomic E-state index is 12.4. The van der Waals surface area contributed by atoms with Gasteiger partial charge in [0.2, 0.25) is 10.0 Å². The lowest BCUT2D eigenvalue weighted by atomic mass is 10.3. The number of alkyl halides is 3. The molecule has 0 radical (unpaired) electrons. The highest BCUT2D eigenvalue weighted by molar-refractivity contribution is 7.89. The van der Waals surface area contributed by atoms with Crippen molar-refractivity contribution in [1.29, 1.82) is 0 Å². The Labute approximate surface area is 121 Å². The van der Waals surface area contributed by atoms with Gasteiger partial charge < -0.3 is 10.5 Å². The van der Waals surface area contributed by atoms with Crippen LogP contribution in [0.1, 0.15) is 13.8 Å². The highest BCUT2D eigenvalue weighted by Crippen LogP contribution is 2.30. The van der Waals surface area contributed by atoms with Gasteiger partial charge in [-0.15, -0.1) is 0 Å². The number of anilines is 1. The largest absolute Gasteiger partial charge is 0.483 e. The van der Waals surface area contributed by atoms with Crippen LogP contribution in [0.4, 0.5) is 18.9 Å². The first kappa shape index (κ1) is 17.6. The molecule has 0 bridgehead atoms. The minimum absolute atomic E-state index is 0.125. The number of nitrogens with two attached hydrogens (primary N) is 1. The third kappa shape index (κ3) is 4.50. The molecule has 1 aromatic carbocycles. The quantitative estimate of drug-likeness (QED) is 0.814. The van der Waals surface area contributed by atoms with Gasteiger partial charge in [-0.25, -0.2) is 8.42 Å². The van der Waals surface area contributed by atoms with Crippen molar-refractivity contribution in [3.63, 3.8) is 0 Å². The number of sulfonamides is 1. The second-order valence-corrected chi connectivity index (χ2v) is 6.11. The van der Waals surface area contributed by atoms with E-state index in [2.05, 4.69) is 4.74 Å². The van der Waals surface area contributed by atoms with Crippen LogP contribution in [0.3, 0.4) is 0 Å². The number of rotatable bonds is 6. The maximum Gasteiger partial charge on any atom is 0.422 e. The third-order valence-electron chi connectivity index (χ3n) is 2.68. The SMILES string of the molecule is CCN(CC)S(=O)(=O)c1cc(N)ccc1OCC(F)(F)F. The molecule has 0 saturated heterocycles. The molecular weight excluding hydrogens is 309 g/mol. The molecule has 2 N–H and O–H groups in total. The van der Waals surface area contributed by atoms with Gasteiger partial charge in [0, 0.05) is 18.8 Å². The topological polar surface area (TPSA) is 72.6 Å². The fourth-order valence-electron chi connectivity index (χ4n) is 1.71. The molecule has 0 aliphatic rings. The molecule has 0 unspecified atom stereocenters. The fraction of sp³-hybridized carbons (Fsp3) is 0.500. The van der Waals surface area contributed by atoms with Gasteiger partial charge in [-0.3, -0.25) is 0 Å². The standard InChI is InChI=1S/C12H17F3N2O3S/c1-3-17(4-2)21(18,19)11-7-9(16)5-6-10(11)20-8-12(13,14)15/h5-7H,3-4,8,16H2,1-2H3. The second kappa shape index (κ2) is 6.52. The normalized spacial score (nSPS) is 12.7. The molecule has 120 valence electrons. The Kier molecular flexibility index (Phi) is 5.46. The molecule has 1 aromatic rings. The number of nitrogen functional groups attached to an aromatic ring is 1. The van der Waals surface area contributed by atoms with Gasteiger partial charge in [0.1, 0.15) is 10.6 Å². The summed E-state index contributed by atoms with van der Waals surface area (Å²) < 4.78 is 67.2. The molecule has 0 fully saturated rings. The number of hydrogen-bond acceptors (Lipinski definition) is 4. The van der Waals surface area contributed by atoms with Crippen LogP contribution >= 0.6 is 0 Å². The summed E-state index contributed by atoms with van der Waals surface area (Å²) in [6, 6.07) is 3.50. The molecule has 0 saturated carbocycles. The number of hydrogen-bond donors (Lipinski definition) is 1. The molecule has 5 nitrogen and oxygen atoms in total. The Morgan fingerprint density at radius 1 is 1.24 bits per heavy atom. The van der Waals surface area contributed by atoms with E-state index in [9.17, 15) is 21.6 Å². The molecule has 0 aliphatic heterocycles. The van der Waals surface area contributed by atoms with E-state index >= 15 is 0 Å². The first-order chi connectivity index (χ1) is 9.61. The minimum atomic E-state index is -4.56. The van der Waals surface area contributed by atoms with E-state index in [1.165, 1.54) is 6.07 Å². The average Bonchev–Trinajstić information content (AvgIpc) is 2.37. The Balaban J connectivity index is 3.24. The number of halogens is 3. The van der Waals surface area contributed by atoms with Crippen LogP contribution in [-0.2, 0) is 10.0 Å². The fourth-order valence-corrected chi connectivity index (χ4v) is 3.33. The average molecular weight is 326 g/mol. The summed E-state index contributed by atoms with van der Waals surface area (Å²) in [5, 5.41) is 0. The van der Waals surface area contributed by atoms with Crippen LogP contribution < -0.4 is 10.5 Å². The van der Waals surface area contributed by atoms with Gasteiger partial charge in [-0.1, -0.05) is 13.8 Å². The molecular formula is C12H17F3N2O3S. The molecule has 0 atom stereocenters. The van der Waals surface area contributed by atoms with Crippen molar-refractivity contribution in [2.75, 3.05) is 25.4 Å². The monoisotopic (exact) mass is 326 g/mol. The maximum absolute atomic E-state index is 12.4. The van der Waals surface area contributed by atoms with E-state index in [1.807, 2.05) is 0 Å². The third-order valence-corrected chi connectivity index (χ3v) is 4.75. The molecule has 0 amide bonds. The minimum Gasteiger partial charge on any atom is -0.483 e. The van der Waals surface area contributed by atoms with E-state index in [0.29, 0.717) is 0 Å². The van der Waals surface area contributed by atoms with E-state index in [-0.39, 0.29) is 29.4 Å². The van der Waals surface area contributed by atoms with Crippen molar-refractivity contribution in [2.45, 2.75) is 24.9 Å². The number of ether oxygens (including phenoxy) is 1. The predicted molar refractivity (Wildman–Crippen MR) is 72.5 cm³/mol. The molecule has 9 heteroatoms. The van der Waals surface area contributed by atoms with Crippen molar-refractivity contribution in [3.05, 3.63) is 18.2 Å². The second-order valence-electron chi connectivity index (χ2n) is 4.20. The van der Waals surface area contributed by atoms with Crippen LogP contribution in [0, 0.1) is 0 Å². The molecule has 21 heavy (non-hydrogen) atoms. The summed E-state index contributed by atoms with van der Waals surface area (Å²) in [6.45, 7) is 2.06. The molecule has 0 aliphatic carbocycles. The predicted octanol–water partition coefficient (Wildman–Crippen LogP) is 2.24. The van der Waals surface area contributed by atoms with E-state index < -0.39 is 22.8 Å². The van der Waals surface area contributed by atoms with E-state index in [4.69, 9.17) is 5.73 Å². The lowest BCUT2D eigenvalue weighted by molar-refractivity contribution is -0.153. The summed E-state index contributed by atoms with van der Waals surface area (Å²) in [5.41, 5.74) is 5.65. The zero-order valence-electron chi connectivity index (χ0n) is 11.6. The summed E-state index contributed by atoms with van der Waals surface area (Å²) in [7, 11) is -3.96. The zero-order chi connectivity index (χ0) is 16.3. The van der Waals surface area contributed by atoms with E-state index in [1.54, 1.807) is 13.8 Å². The number of benzene rings is 1. The molecule has 0 heterocycles. The van der Waals surface area contributed by atoms with Crippen molar-refractivity contribution in [3.8, 4) is 5.75 Å². The Bertz CT molecular complexity index is 584. The lowest BCUT2D eigenvalue weighted by Crippen LogP contribution is -2.31. The smallest absolute Gasteiger partial charge is 0.422 e. The Morgan fingerprint density at radius 2 is 1.81 bits per heavy atom. The van der Waals surface area contributed by atoms with Crippen LogP contribution in [-0.4, -0.2) is 38.6 Å². The Hall–Kier alpha value is -1.48. The molecule has 1 rings (SSSR count). The summed E-state index contributed by atoms with van der Waals surface area (Å²) in [6.07, 6.45) is -4.56. The first-order valence-corrected chi connectivity index (χ1v) is 7.65. The van der Waals surface area contributed by atoms with Gasteiger partial charge in [0.15, 0.2) is 6.61 Å². The van der Waals surface area contributed by atoms with E-state index in [0.717, 1.165) is 16.4 Å². The van der Waals surface area contributed by atoms with Crippen molar-refractivity contribution >= 4 is 15.7 Å². The Morgan fingerprint density at radius 3 is 2.29 bits per heavy atom. The zero-order valence-corrected chi connectivity index (χ0v) is 12.5. The van der Waals surface area contributed by atoms with Gasteiger partial charge >= 0.3 is 6.18 Å². The van der Waals surface area contributed by atoms with Gasteiger partial charge in [-0.05, 0) is 18.2 Å². The first-order valence-electron chi connectivity index (χ1n) is 6.21. The highest BCUT2D eigenvalue weighted by Gasteiger charge is 2.31.